The van der Waals surface area contributed by atoms with E-state index in [9.17, 15) is 0 Å². The highest BCUT2D eigenvalue weighted by Gasteiger charge is 2.20. The Kier molecular flexibility index (Phi) is 4.78. The van der Waals surface area contributed by atoms with E-state index >= 15 is 0 Å². The highest BCUT2D eigenvalue weighted by atomic mass is 35.5. The maximum absolute atomic E-state index is 6.01. The van der Waals surface area contributed by atoms with Crippen LogP contribution in [0.5, 0.6) is 0 Å². The highest BCUT2D eigenvalue weighted by Crippen LogP contribution is 2.20. The fourth-order valence-corrected chi connectivity index (χ4v) is 2.61. The van der Waals surface area contributed by atoms with Crippen molar-refractivity contribution in [1.82, 2.24) is 15.3 Å². The lowest BCUT2D eigenvalue weighted by Crippen LogP contribution is -2.44. The molecule has 1 aromatic heterocycles. The normalized spacial score (nSPS) is 20.2. The lowest BCUT2D eigenvalue weighted by molar-refractivity contribution is 0.447. The molecule has 1 saturated heterocycles. The van der Waals surface area contributed by atoms with Crippen molar-refractivity contribution >= 4 is 17.4 Å². The number of aromatic nitrogens is 2. The molecule has 0 saturated carbocycles. The molecular weight excluding hydrogens is 248 g/mol. The molecule has 1 aliphatic rings. The molecule has 0 spiro atoms. The summed E-state index contributed by atoms with van der Waals surface area (Å²) in [5, 5.41) is 3.70. The van der Waals surface area contributed by atoms with Crippen molar-refractivity contribution in [3.05, 3.63) is 17.0 Å². The van der Waals surface area contributed by atoms with Gasteiger partial charge in [-0.3, -0.25) is 0 Å². The molecule has 1 atom stereocenters. The van der Waals surface area contributed by atoms with Crippen molar-refractivity contribution in [3.8, 4) is 0 Å². The first-order valence-corrected chi connectivity index (χ1v) is 7.06. The van der Waals surface area contributed by atoms with Crippen LogP contribution >= 0.6 is 11.6 Å². The minimum Gasteiger partial charge on any atom is -0.355 e. The van der Waals surface area contributed by atoms with Gasteiger partial charge in [0.25, 0.3) is 0 Å². The lowest BCUT2D eigenvalue weighted by atomic mass is 10.1. The Labute approximate surface area is 114 Å². The second-order valence-electron chi connectivity index (χ2n) is 4.81. The summed E-state index contributed by atoms with van der Waals surface area (Å²) in [7, 11) is 2.02. The fraction of sp³-hybridized carbons (Fsp3) is 0.692. The zero-order valence-electron chi connectivity index (χ0n) is 11.1. The summed E-state index contributed by atoms with van der Waals surface area (Å²) in [6.07, 6.45) is 4.45. The Morgan fingerprint density at radius 2 is 2.33 bits per heavy atom. The minimum atomic E-state index is 0.363. The van der Waals surface area contributed by atoms with E-state index in [0.29, 0.717) is 11.3 Å². The van der Waals surface area contributed by atoms with Crippen molar-refractivity contribution in [2.45, 2.75) is 38.6 Å². The summed E-state index contributed by atoms with van der Waals surface area (Å²) in [5.41, 5.74) is 1.04. The largest absolute Gasteiger partial charge is 0.355 e. The van der Waals surface area contributed by atoms with Crippen LogP contribution in [0.15, 0.2) is 6.07 Å². The average Bonchev–Trinajstić information content (AvgIpc) is 2.38. The molecule has 0 aliphatic carbocycles. The number of nitrogens with one attached hydrogen (secondary N) is 1. The monoisotopic (exact) mass is 268 g/mol. The first kappa shape index (κ1) is 13.6. The van der Waals surface area contributed by atoms with E-state index in [-0.39, 0.29) is 0 Å². The maximum Gasteiger partial charge on any atom is 0.224 e. The number of likely N-dealkylation sites (N-methyl/N-ethyl adjacent to an activating group) is 1. The van der Waals surface area contributed by atoms with E-state index in [2.05, 4.69) is 33.2 Å². The third kappa shape index (κ3) is 3.33. The van der Waals surface area contributed by atoms with E-state index in [1.807, 2.05) is 7.05 Å². The summed E-state index contributed by atoms with van der Waals surface area (Å²) in [4.78, 5) is 10.9. The van der Waals surface area contributed by atoms with Gasteiger partial charge in [-0.1, -0.05) is 13.3 Å². The van der Waals surface area contributed by atoms with Crippen molar-refractivity contribution in [1.29, 1.82) is 0 Å². The Morgan fingerprint density at radius 1 is 1.50 bits per heavy atom. The van der Waals surface area contributed by atoms with E-state index < -0.39 is 0 Å². The van der Waals surface area contributed by atoms with Crippen LogP contribution in [0.25, 0.3) is 0 Å². The molecule has 0 unspecified atom stereocenters. The highest BCUT2D eigenvalue weighted by molar-refractivity contribution is 6.28. The first-order valence-electron chi connectivity index (χ1n) is 6.68. The molecule has 18 heavy (non-hydrogen) atoms. The number of halogens is 1. The van der Waals surface area contributed by atoms with Crippen LogP contribution in [0.1, 0.15) is 31.9 Å². The fourth-order valence-electron chi connectivity index (χ4n) is 2.42. The van der Waals surface area contributed by atoms with Gasteiger partial charge in [0.05, 0.1) is 0 Å². The molecule has 0 aromatic carbocycles. The zero-order chi connectivity index (χ0) is 13.0. The van der Waals surface area contributed by atoms with E-state index in [1.165, 1.54) is 12.8 Å². The molecule has 1 aliphatic heterocycles. The summed E-state index contributed by atoms with van der Waals surface area (Å²) >= 11 is 6.01. The smallest absolute Gasteiger partial charge is 0.224 e. The molecule has 5 heteroatoms. The number of aryl methyl sites for hydroxylation is 1. The van der Waals surface area contributed by atoms with Crippen molar-refractivity contribution < 1.29 is 0 Å². The van der Waals surface area contributed by atoms with Crippen LogP contribution in [0.2, 0.25) is 5.28 Å². The van der Waals surface area contributed by atoms with Gasteiger partial charge in [0.1, 0.15) is 5.82 Å². The molecule has 1 aromatic rings. The van der Waals surface area contributed by atoms with Crippen molar-refractivity contribution in [3.63, 3.8) is 0 Å². The van der Waals surface area contributed by atoms with E-state index in [4.69, 9.17) is 11.6 Å². The van der Waals surface area contributed by atoms with Crippen LogP contribution in [0.3, 0.4) is 0 Å². The molecule has 2 rings (SSSR count). The van der Waals surface area contributed by atoms with Gasteiger partial charge < -0.3 is 10.2 Å². The number of rotatable bonds is 4. The quantitative estimate of drug-likeness (QED) is 0.851. The van der Waals surface area contributed by atoms with Gasteiger partial charge in [-0.15, -0.1) is 0 Å². The Bertz CT molecular complexity index is 397. The van der Waals surface area contributed by atoms with Gasteiger partial charge in [-0.25, -0.2) is 9.97 Å². The van der Waals surface area contributed by atoms with Crippen LogP contribution in [0, 0.1) is 0 Å². The number of hydrogen-bond donors (Lipinski definition) is 1. The van der Waals surface area contributed by atoms with Gasteiger partial charge in [0.15, 0.2) is 0 Å². The summed E-state index contributed by atoms with van der Waals surface area (Å²) in [5.74, 6) is 0.971. The summed E-state index contributed by atoms with van der Waals surface area (Å²) in [6.45, 7) is 4.19. The summed E-state index contributed by atoms with van der Waals surface area (Å²) < 4.78 is 0. The Hall–Kier alpha value is -0.870. The number of nitrogens with zero attached hydrogens (tertiary/aromatic N) is 3. The lowest BCUT2D eigenvalue weighted by Gasteiger charge is -2.33. The predicted octanol–water partition coefficient (Wildman–Crippen LogP) is 2.27. The Morgan fingerprint density at radius 3 is 3.06 bits per heavy atom. The van der Waals surface area contributed by atoms with E-state index in [0.717, 1.165) is 37.4 Å². The first-order chi connectivity index (χ1) is 8.72. The average molecular weight is 269 g/mol. The molecule has 0 amide bonds. The van der Waals surface area contributed by atoms with Gasteiger partial charge in [-0.2, -0.15) is 0 Å². The second-order valence-corrected chi connectivity index (χ2v) is 5.15. The SMILES string of the molecule is CCCc1cc(N2CCC[C@@H](NC)C2)nc(Cl)n1. The van der Waals surface area contributed by atoms with Gasteiger partial charge in [0, 0.05) is 30.9 Å². The molecule has 1 N–H and O–H groups in total. The summed E-state index contributed by atoms with van der Waals surface area (Å²) in [6, 6.07) is 2.62. The molecule has 0 radical (unpaired) electrons. The van der Waals surface area contributed by atoms with Crippen LogP contribution in [-0.4, -0.2) is 36.1 Å². The Balaban J connectivity index is 2.16. The van der Waals surface area contributed by atoms with Crippen LogP contribution < -0.4 is 10.2 Å². The van der Waals surface area contributed by atoms with E-state index in [1.54, 1.807) is 0 Å². The van der Waals surface area contributed by atoms with Gasteiger partial charge in [0.2, 0.25) is 5.28 Å². The number of piperidine rings is 1. The van der Waals surface area contributed by atoms with Crippen molar-refractivity contribution in [2.24, 2.45) is 0 Å². The zero-order valence-corrected chi connectivity index (χ0v) is 11.9. The molecule has 0 bridgehead atoms. The van der Waals surface area contributed by atoms with Crippen molar-refractivity contribution in [2.75, 3.05) is 25.0 Å². The molecule has 100 valence electrons. The second kappa shape index (κ2) is 6.34. The van der Waals surface area contributed by atoms with Crippen LogP contribution in [0.4, 0.5) is 5.82 Å². The molecule has 4 nitrogen and oxygen atoms in total. The maximum atomic E-state index is 6.01. The number of hydrogen-bond acceptors (Lipinski definition) is 4. The number of anilines is 1. The third-order valence-corrected chi connectivity index (χ3v) is 3.57. The molecular formula is C13H21ClN4. The molecule has 1 fully saturated rings. The standard InChI is InChI=1S/C13H21ClN4/c1-3-5-10-8-12(17-13(14)16-10)18-7-4-6-11(9-18)15-2/h8,11,15H,3-7,9H2,1-2H3/t11-/m1/s1. The predicted molar refractivity (Wildman–Crippen MR) is 75.3 cm³/mol. The van der Waals surface area contributed by atoms with Crippen LogP contribution in [-0.2, 0) is 6.42 Å². The minimum absolute atomic E-state index is 0.363. The van der Waals surface area contributed by atoms with Gasteiger partial charge >= 0.3 is 0 Å². The van der Waals surface area contributed by atoms with Gasteiger partial charge in [-0.05, 0) is 37.9 Å². The topological polar surface area (TPSA) is 41.0 Å². The molecule has 2 heterocycles. The third-order valence-electron chi connectivity index (χ3n) is 3.40.